The van der Waals surface area contributed by atoms with E-state index in [1.807, 2.05) is 48.3 Å². The molecule has 0 unspecified atom stereocenters. The third-order valence-corrected chi connectivity index (χ3v) is 12.3. The van der Waals surface area contributed by atoms with Gasteiger partial charge in [0.25, 0.3) is 0 Å². The molecule has 0 saturated carbocycles. The summed E-state index contributed by atoms with van der Waals surface area (Å²) in [6, 6.07) is 17.4. The van der Waals surface area contributed by atoms with Crippen LogP contribution < -0.4 is 0 Å². The third-order valence-electron chi connectivity index (χ3n) is 10.1. The molecule has 0 aliphatic heterocycles. The molecule has 2 aromatic carbocycles. The van der Waals surface area contributed by atoms with E-state index in [2.05, 4.69) is 96.2 Å². The molecule has 0 atom stereocenters. The topological polar surface area (TPSA) is 51.6 Å². The second kappa shape index (κ2) is 31.4. The molecule has 4 nitrogen and oxygen atoms in total. The van der Waals surface area contributed by atoms with Crippen LogP contribution in [0.15, 0.2) is 83.1 Å². The largest absolute Gasteiger partial charge is 0.236 e. The molecule has 0 fully saturated rings. The second-order valence-electron chi connectivity index (χ2n) is 15.1. The first-order valence-electron chi connectivity index (χ1n) is 22.2. The minimum Gasteiger partial charge on any atom is -0.236 e. The molecule has 55 heavy (non-hydrogen) atoms. The molecule has 0 N–H and O–H groups in total. The Morgan fingerprint density at radius 3 is 0.964 bits per heavy atom. The third kappa shape index (κ3) is 21.4. The lowest BCUT2D eigenvalue weighted by molar-refractivity contribution is 0.575. The fourth-order valence-electron chi connectivity index (χ4n) is 6.50. The highest BCUT2D eigenvalue weighted by atomic mass is 32.2. The molecule has 4 rings (SSSR count). The Morgan fingerprint density at radius 2 is 0.636 bits per heavy atom. The molecule has 4 aromatic rings. The Hall–Kier alpha value is -2.70. The molecule has 2 heterocycles. The number of aryl methyl sites for hydroxylation is 2. The van der Waals surface area contributed by atoms with E-state index in [4.69, 9.17) is 0 Å². The summed E-state index contributed by atoms with van der Waals surface area (Å²) in [4.78, 5) is 21.0. The number of unbranched alkanes of at least 4 members (excludes halogenated alkanes) is 17. The van der Waals surface area contributed by atoms with Crippen molar-refractivity contribution in [2.75, 3.05) is 11.5 Å². The molecule has 0 saturated heterocycles. The van der Waals surface area contributed by atoms with Crippen LogP contribution >= 0.6 is 23.5 Å². The first-order chi connectivity index (χ1) is 27.2. The van der Waals surface area contributed by atoms with Crippen molar-refractivity contribution >= 4 is 23.5 Å². The Morgan fingerprint density at radius 1 is 0.345 bits per heavy atom. The van der Waals surface area contributed by atoms with Gasteiger partial charge in [-0.25, -0.2) is 19.9 Å². The van der Waals surface area contributed by atoms with E-state index in [0.29, 0.717) is 0 Å². The minimum absolute atomic E-state index is 0.834. The van der Waals surface area contributed by atoms with Crippen molar-refractivity contribution in [3.8, 4) is 22.8 Å². The first-order valence-corrected chi connectivity index (χ1v) is 24.2. The molecule has 0 bridgehead atoms. The summed E-state index contributed by atoms with van der Waals surface area (Å²) in [5.41, 5.74) is 4.74. The highest BCUT2D eigenvalue weighted by molar-refractivity contribution is 7.99. The van der Waals surface area contributed by atoms with Crippen molar-refractivity contribution in [1.29, 1.82) is 0 Å². The molecular weight excluding hydrogens is 709 g/mol. The molecule has 302 valence electrons. The molecule has 0 aliphatic rings. The van der Waals surface area contributed by atoms with Crippen molar-refractivity contribution in [3.05, 3.63) is 84.4 Å². The molecule has 0 aliphatic carbocycles. The van der Waals surface area contributed by atoms with Crippen LogP contribution in [0, 0.1) is 0 Å². The van der Waals surface area contributed by atoms with Crippen molar-refractivity contribution in [3.63, 3.8) is 0 Å². The van der Waals surface area contributed by atoms with Crippen LogP contribution in [-0.2, 0) is 12.8 Å². The van der Waals surface area contributed by atoms with E-state index in [-0.39, 0.29) is 0 Å². The fourth-order valence-corrected chi connectivity index (χ4v) is 8.33. The van der Waals surface area contributed by atoms with E-state index < -0.39 is 0 Å². The summed E-state index contributed by atoms with van der Waals surface area (Å²) < 4.78 is 0. The summed E-state index contributed by atoms with van der Waals surface area (Å²) in [5, 5.41) is 0. The predicted molar refractivity (Wildman–Crippen MR) is 243 cm³/mol. The van der Waals surface area contributed by atoms with Crippen LogP contribution in [-0.4, -0.2) is 31.4 Å². The van der Waals surface area contributed by atoms with Gasteiger partial charge in [-0.2, -0.15) is 0 Å². The van der Waals surface area contributed by atoms with Gasteiger partial charge in [0, 0.05) is 45.7 Å². The van der Waals surface area contributed by atoms with Gasteiger partial charge in [-0.3, -0.25) is 0 Å². The minimum atomic E-state index is 0.834. The van der Waals surface area contributed by atoms with Gasteiger partial charge in [0.15, 0.2) is 11.6 Å². The van der Waals surface area contributed by atoms with E-state index in [0.717, 1.165) is 35.6 Å². The molecule has 6 heteroatoms. The molecule has 0 radical (unpaired) electrons. The normalized spacial score (nSPS) is 11.1. The lowest BCUT2D eigenvalue weighted by atomic mass is 10.1. The Kier molecular flexibility index (Phi) is 26.6. The van der Waals surface area contributed by atoms with Gasteiger partial charge >= 0.3 is 0 Å². The zero-order valence-electron chi connectivity index (χ0n) is 35.2. The van der Waals surface area contributed by atoms with Gasteiger partial charge in [0.05, 0.1) is 0 Å². The van der Waals surface area contributed by atoms with Gasteiger partial charge in [0.2, 0.25) is 0 Å². The summed E-state index contributed by atoms with van der Waals surface area (Å²) in [5.74, 6) is 4.08. The van der Waals surface area contributed by atoms with Crippen LogP contribution in [0.5, 0.6) is 0 Å². The van der Waals surface area contributed by atoms with Crippen molar-refractivity contribution in [2.24, 2.45) is 0 Å². The lowest BCUT2D eigenvalue weighted by Crippen LogP contribution is -1.93. The highest BCUT2D eigenvalue weighted by Gasteiger charge is 2.05. The number of thioether (sulfide) groups is 2. The summed E-state index contributed by atoms with van der Waals surface area (Å²) in [6.45, 7) is 9.04. The molecule has 2 aromatic heterocycles. The number of hydrogen-bond donors (Lipinski definition) is 0. The molecular formula is C49H74N4S2. The molecule has 0 amide bonds. The van der Waals surface area contributed by atoms with E-state index >= 15 is 0 Å². The number of aromatic nitrogens is 4. The zero-order chi connectivity index (χ0) is 39.0. The first kappa shape index (κ1) is 46.7. The van der Waals surface area contributed by atoms with Gasteiger partial charge in [0.1, 0.15) is 0 Å². The maximum atomic E-state index is 4.60. The van der Waals surface area contributed by atoms with Crippen molar-refractivity contribution < 1.29 is 0 Å². The number of hydrogen-bond acceptors (Lipinski definition) is 6. The monoisotopic (exact) mass is 783 g/mol. The van der Waals surface area contributed by atoms with Crippen LogP contribution in [0.1, 0.15) is 174 Å². The summed E-state index contributed by atoms with van der Waals surface area (Å²) in [7, 11) is 0. The lowest BCUT2D eigenvalue weighted by Gasteiger charge is -2.05. The predicted octanol–water partition coefficient (Wildman–Crippen LogP) is 15.8. The van der Waals surface area contributed by atoms with Crippen LogP contribution in [0.25, 0.3) is 22.8 Å². The Bertz CT molecular complexity index is 1460. The standard InChI is InChI=1S/C25H38N2S.C24H36N2S/c1-3-5-7-8-9-10-11-12-14-22-20-26-25(27-21-22)23-15-17-24(18-16-23)28-19-13-6-4-2;1-3-5-7-8-9-10-11-13-21-19-25-24(26-20-21)22-14-16-23(17-15-22)27-18-12-6-4-2/h15-18,20-21H,3-14,19H2,1-2H3;14-17,19-20H,3-13,18H2,1-2H3. The second-order valence-corrected chi connectivity index (χ2v) is 17.4. The van der Waals surface area contributed by atoms with Crippen LogP contribution in [0.3, 0.4) is 0 Å². The number of rotatable bonds is 29. The van der Waals surface area contributed by atoms with Crippen LogP contribution in [0.4, 0.5) is 0 Å². The van der Waals surface area contributed by atoms with E-state index in [1.165, 1.54) is 167 Å². The number of nitrogens with zero attached hydrogens (tertiary/aromatic N) is 4. The maximum Gasteiger partial charge on any atom is 0.159 e. The average Bonchev–Trinajstić information content (AvgIpc) is 3.23. The van der Waals surface area contributed by atoms with Gasteiger partial charge < -0.3 is 0 Å². The SMILES string of the molecule is CCCCCCCCCCc1cnc(-c2ccc(SCCCCC)cc2)nc1.CCCCCCCCCc1cnc(-c2ccc(SCCCCC)cc2)nc1. The van der Waals surface area contributed by atoms with E-state index in [9.17, 15) is 0 Å². The van der Waals surface area contributed by atoms with Crippen molar-refractivity contribution in [2.45, 2.75) is 185 Å². The maximum absolute atomic E-state index is 4.60. The fraction of sp³-hybridized carbons (Fsp3) is 0.592. The average molecular weight is 783 g/mol. The Balaban J connectivity index is 0.000000296. The zero-order valence-corrected chi connectivity index (χ0v) is 36.8. The summed E-state index contributed by atoms with van der Waals surface area (Å²) >= 11 is 3.89. The Labute approximate surface area is 345 Å². The van der Waals surface area contributed by atoms with Gasteiger partial charge in [-0.05, 0) is 85.4 Å². The quantitative estimate of drug-likeness (QED) is 0.0404. The van der Waals surface area contributed by atoms with Gasteiger partial charge in [-0.1, -0.05) is 161 Å². The summed E-state index contributed by atoms with van der Waals surface area (Å²) in [6.07, 6.45) is 38.3. The highest BCUT2D eigenvalue weighted by Crippen LogP contribution is 2.25. The van der Waals surface area contributed by atoms with Crippen molar-refractivity contribution in [1.82, 2.24) is 19.9 Å². The smallest absolute Gasteiger partial charge is 0.159 e. The number of benzene rings is 2. The van der Waals surface area contributed by atoms with E-state index in [1.54, 1.807) is 0 Å². The van der Waals surface area contributed by atoms with Crippen LogP contribution in [0.2, 0.25) is 0 Å². The molecule has 0 spiro atoms. The van der Waals surface area contributed by atoms with Gasteiger partial charge in [-0.15, -0.1) is 23.5 Å².